The Morgan fingerprint density at radius 1 is 1.28 bits per heavy atom. The van der Waals surface area contributed by atoms with E-state index in [-0.39, 0.29) is 28.8 Å². The third-order valence-electron chi connectivity index (χ3n) is 4.50. The van der Waals surface area contributed by atoms with Crippen LogP contribution in [0.2, 0.25) is 0 Å². The minimum Gasteiger partial charge on any atom is -0.377 e. The van der Waals surface area contributed by atoms with Crippen molar-refractivity contribution in [1.29, 1.82) is 0 Å². The molecule has 0 radical (unpaired) electrons. The smallest absolute Gasteiger partial charge is 0.377 e. The maximum atomic E-state index is 12.8. The van der Waals surface area contributed by atoms with E-state index in [1.54, 1.807) is 0 Å². The first-order chi connectivity index (χ1) is 13.5. The van der Waals surface area contributed by atoms with Gasteiger partial charge in [0.15, 0.2) is 9.84 Å². The van der Waals surface area contributed by atoms with Crippen molar-refractivity contribution in [3.63, 3.8) is 0 Å². The van der Waals surface area contributed by atoms with Crippen molar-refractivity contribution in [1.82, 2.24) is 9.78 Å². The Bertz CT molecular complexity index is 1030. The maximum Gasteiger partial charge on any atom is 0.408 e. The molecule has 1 fully saturated rings. The molecule has 3 rings (SSSR count). The fourth-order valence-corrected chi connectivity index (χ4v) is 3.69. The van der Waals surface area contributed by atoms with Gasteiger partial charge >= 0.3 is 6.18 Å². The summed E-state index contributed by atoms with van der Waals surface area (Å²) in [5.41, 5.74) is -0.209. The van der Waals surface area contributed by atoms with E-state index in [0.717, 1.165) is 19.1 Å². The molecule has 1 aromatic carbocycles. The van der Waals surface area contributed by atoms with Crippen LogP contribution in [0.25, 0.3) is 11.1 Å². The average molecular weight is 431 g/mol. The maximum absolute atomic E-state index is 12.8. The normalized spacial score (nSPS) is 17.4. The zero-order valence-corrected chi connectivity index (χ0v) is 16.4. The van der Waals surface area contributed by atoms with E-state index in [4.69, 9.17) is 4.74 Å². The van der Waals surface area contributed by atoms with Crippen LogP contribution in [0.1, 0.15) is 12.8 Å². The quantitative estimate of drug-likeness (QED) is 0.756. The van der Waals surface area contributed by atoms with E-state index in [9.17, 15) is 26.4 Å². The number of sulfone groups is 1. The number of ether oxygens (including phenoxy) is 1. The zero-order chi connectivity index (χ0) is 21.2. The number of alkyl halides is 3. The third kappa shape index (κ3) is 5.36. The molecule has 2 aromatic rings. The predicted molar refractivity (Wildman–Crippen MR) is 101 cm³/mol. The number of anilines is 1. The molecule has 7 nitrogen and oxygen atoms in total. The summed E-state index contributed by atoms with van der Waals surface area (Å²) in [5.74, 6) is 0. The second-order valence-corrected chi connectivity index (χ2v) is 8.84. The highest BCUT2D eigenvalue weighted by atomic mass is 32.2. The minimum atomic E-state index is -4.60. The van der Waals surface area contributed by atoms with Gasteiger partial charge in [-0.2, -0.15) is 18.3 Å². The molecule has 1 N–H and O–H groups in total. The molecule has 29 heavy (non-hydrogen) atoms. The lowest BCUT2D eigenvalue weighted by molar-refractivity contribution is -0.143. The Balaban J connectivity index is 2.00. The summed E-state index contributed by atoms with van der Waals surface area (Å²) >= 11 is 0. The fourth-order valence-electron chi connectivity index (χ4n) is 3.06. The molecular weight excluding hydrogens is 411 g/mol. The lowest BCUT2D eigenvalue weighted by Gasteiger charge is -2.17. The summed E-state index contributed by atoms with van der Waals surface area (Å²) in [7, 11) is -3.41. The first-order valence-electron chi connectivity index (χ1n) is 8.87. The van der Waals surface area contributed by atoms with Gasteiger partial charge in [0.05, 0.1) is 17.2 Å². The van der Waals surface area contributed by atoms with E-state index in [1.165, 1.54) is 30.5 Å². The van der Waals surface area contributed by atoms with E-state index in [1.807, 2.05) is 0 Å². The van der Waals surface area contributed by atoms with Crippen LogP contribution in [0.5, 0.6) is 0 Å². The lowest BCUT2D eigenvalue weighted by Crippen LogP contribution is -2.33. The highest BCUT2D eigenvalue weighted by Crippen LogP contribution is 2.27. The van der Waals surface area contributed by atoms with Gasteiger partial charge in [-0.15, -0.1) is 0 Å². The fraction of sp³-hybridized carbons (Fsp3) is 0.444. The molecule has 11 heteroatoms. The van der Waals surface area contributed by atoms with Crippen molar-refractivity contribution >= 4 is 15.5 Å². The average Bonchev–Trinajstić information content (AvgIpc) is 3.14. The van der Waals surface area contributed by atoms with Gasteiger partial charge in [-0.05, 0) is 30.5 Å². The first kappa shape index (κ1) is 21.3. The van der Waals surface area contributed by atoms with E-state index >= 15 is 0 Å². The highest BCUT2D eigenvalue weighted by Gasteiger charge is 2.30. The summed E-state index contributed by atoms with van der Waals surface area (Å²) < 4.78 is 67.4. The lowest BCUT2D eigenvalue weighted by atomic mass is 10.1. The molecule has 158 valence electrons. The molecule has 0 amide bonds. The molecule has 2 heterocycles. The van der Waals surface area contributed by atoms with Crippen LogP contribution in [0.3, 0.4) is 0 Å². The number of rotatable bonds is 6. The summed E-state index contributed by atoms with van der Waals surface area (Å²) in [5, 5.41) is 6.56. The third-order valence-corrected chi connectivity index (χ3v) is 5.63. The monoisotopic (exact) mass is 431 g/mol. The van der Waals surface area contributed by atoms with Crippen LogP contribution < -0.4 is 10.9 Å². The molecule has 0 saturated carbocycles. The van der Waals surface area contributed by atoms with Crippen molar-refractivity contribution in [2.24, 2.45) is 0 Å². The Hall–Kier alpha value is -2.40. The summed E-state index contributed by atoms with van der Waals surface area (Å²) in [6, 6.07) is 5.71. The SMILES string of the molecule is CS(=O)(=O)c1ccc(-c2cnn(CC(F)(F)F)c(=O)c2NCC2CCCO2)cc1. The van der Waals surface area contributed by atoms with Gasteiger partial charge in [0.2, 0.25) is 0 Å². The van der Waals surface area contributed by atoms with E-state index in [2.05, 4.69) is 10.4 Å². The Kier molecular flexibility index (Phi) is 5.99. The molecule has 1 aromatic heterocycles. The number of halogens is 3. The van der Waals surface area contributed by atoms with Crippen molar-refractivity contribution in [3.05, 3.63) is 40.8 Å². The Labute approximate surface area is 165 Å². The van der Waals surface area contributed by atoms with Gasteiger partial charge in [-0.25, -0.2) is 13.1 Å². The molecular formula is C18H20F3N3O4S. The summed E-state index contributed by atoms with van der Waals surface area (Å²) in [6.07, 6.45) is -0.842. The van der Waals surface area contributed by atoms with Crippen molar-refractivity contribution < 1.29 is 26.3 Å². The standard InChI is InChI=1S/C18H20F3N3O4S/c1-29(26,27)14-6-4-12(5-7-14)15-10-23-24(11-18(19,20)21)17(25)16(15)22-9-13-3-2-8-28-13/h4-7,10,13,22H,2-3,8-9,11H2,1H3. The van der Waals surface area contributed by atoms with Gasteiger partial charge in [0, 0.05) is 25.0 Å². The molecule has 1 atom stereocenters. The number of hydrogen-bond donors (Lipinski definition) is 1. The molecule has 0 aliphatic carbocycles. The molecule has 0 spiro atoms. The van der Waals surface area contributed by atoms with Crippen LogP contribution in [-0.4, -0.2) is 49.9 Å². The Morgan fingerprint density at radius 3 is 2.52 bits per heavy atom. The first-order valence-corrected chi connectivity index (χ1v) is 10.8. The van der Waals surface area contributed by atoms with Crippen LogP contribution in [0, 0.1) is 0 Å². The van der Waals surface area contributed by atoms with E-state index in [0.29, 0.717) is 16.9 Å². The van der Waals surface area contributed by atoms with Gasteiger partial charge in [-0.3, -0.25) is 4.79 Å². The molecule has 1 aliphatic rings. The molecule has 1 unspecified atom stereocenters. The highest BCUT2D eigenvalue weighted by molar-refractivity contribution is 7.90. The largest absolute Gasteiger partial charge is 0.408 e. The van der Waals surface area contributed by atoms with Crippen LogP contribution >= 0.6 is 0 Å². The van der Waals surface area contributed by atoms with Crippen molar-refractivity contribution in [2.75, 3.05) is 24.7 Å². The van der Waals surface area contributed by atoms with Crippen LogP contribution in [0.15, 0.2) is 40.2 Å². The minimum absolute atomic E-state index is 0.0353. The second kappa shape index (κ2) is 8.15. The van der Waals surface area contributed by atoms with Gasteiger partial charge < -0.3 is 10.1 Å². The van der Waals surface area contributed by atoms with Crippen molar-refractivity contribution in [2.45, 2.75) is 36.6 Å². The van der Waals surface area contributed by atoms with E-state index < -0.39 is 28.1 Å². The predicted octanol–water partition coefficient (Wildman–Crippen LogP) is 2.47. The number of nitrogens with one attached hydrogen (secondary N) is 1. The number of aromatic nitrogens is 2. The second-order valence-electron chi connectivity index (χ2n) is 6.82. The summed E-state index contributed by atoms with van der Waals surface area (Å²) in [6.45, 7) is -0.645. The molecule has 1 saturated heterocycles. The van der Waals surface area contributed by atoms with Gasteiger partial charge in [0.25, 0.3) is 5.56 Å². The topological polar surface area (TPSA) is 90.3 Å². The molecule has 1 aliphatic heterocycles. The number of nitrogens with zero attached hydrogens (tertiary/aromatic N) is 2. The van der Waals surface area contributed by atoms with Gasteiger partial charge in [0.1, 0.15) is 12.2 Å². The molecule has 0 bridgehead atoms. The Morgan fingerprint density at radius 2 is 1.97 bits per heavy atom. The summed E-state index contributed by atoms with van der Waals surface area (Å²) in [4.78, 5) is 12.8. The van der Waals surface area contributed by atoms with Gasteiger partial charge in [-0.1, -0.05) is 12.1 Å². The number of benzene rings is 1. The van der Waals surface area contributed by atoms with Crippen LogP contribution in [0.4, 0.5) is 18.9 Å². The van der Waals surface area contributed by atoms with Crippen molar-refractivity contribution in [3.8, 4) is 11.1 Å². The zero-order valence-electron chi connectivity index (χ0n) is 15.6. The van der Waals surface area contributed by atoms with Crippen LogP contribution in [-0.2, 0) is 21.1 Å². The number of hydrogen-bond acceptors (Lipinski definition) is 6.